The fourth-order valence-corrected chi connectivity index (χ4v) is 1.79. The third-order valence-corrected chi connectivity index (χ3v) is 2.90. The average Bonchev–Trinajstić information content (AvgIpc) is 2.49. The molecule has 0 aromatic heterocycles. The molecular formula is C15H16N2O4. The zero-order valence-electron chi connectivity index (χ0n) is 11.4. The molecule has 0 saturated heterocycles. The lowest BCUT2D eigenvalue weighted by Gasteiger charge is -2.08. The molecular weight excluding hydrogens is 272 g/mol. The summed E-state index contributed by atoms with van der Waals surface area (Å²) in [6, 6.07) is 13.1. The molecule has 0 unspecified atom stereocenters. The number of hydrogen-bond donors (Lipinski definition) is 2. The zero-order chi connectivity index (χ0) is 15.1. The van der Waals surface area contributed by atoms with Gasteiger partial charge in [0.05, 0.1) is 4.92 Å². The van der Waals surface area contributed by atoms with Gasteiger partial charge in [-0.2, -0.15) is 0 Å². The summed E-state index contributed by atoms with van der Waals surface area (Å²) in [4.78, 5) is 10.1. The Morgan fingerprint density at radius 2 is 1.86 bits per heavy atom. The van der Waals surface area contributed by atoms with Crippen molar-refractivity contribution in [3.8, 4) is 11.5 Å². The molecule has 0 aliphatic heterocycles. The quantitative estimate of drug-likeness (QED) is 0.464. The lowest BCUT2D eigenvalue weighted by atomic mass is 10.2. The van der Waals surface area contributed by atoms with Gasteiger partial charge in [0, 0.05) is 30.8 Å². The van der Waals surface area contributed by atoms with Gasteiger partial charge in [0.15, 0.2) is 0 Å². The lowest BCUT2D eigenvalue weighted by molar-refractivity contribution is -0.384. The molecule has 2 aromatic carbocycles. The predicted octanol–water partition coefficient (Wildman–Crippen LogP) is 2.47. The Labute approximate surface area is 122 Å². The Kier molecular flexibility index (Phi) is 5.11. The first-order chi connectivity index (χ1) is 10.2. The maximum Gasteiger partial charge on any atom is 0.269 e. The summed E-state index contributed by atoms with van der Waals surface area (Å²) in [6.45, 7) is 1.59. The van der Waals surface area contributed by atoms with Gasteiger partial charge in [-0.25, -0.2) is 0 Å². The third-order valence-electron chi connectivity index (χ3n) is 2.90. The molecule has 0 aliphatic carbocycles. The second-order valence-electron chi connectivity index (χ2n) is 4.40. The molecule has 2 N–H and O–H groups in total. The van der Waals surface area contributed by atoms with Crippen LogP contribution in [0.3, 0.4) is 0 Å². The number of nitro groups is 1. The number of non-ortho nitro benzene ring substituents is 1. The molecule has 0 atom stereocenters. The smallest absolute Gasteiger partial charge is 0.269 e. The largest absolute Gasteiger partial charge is 0.508 e. The van der Waals surface area contributed by atoms with Gasteiger partial charge in [-0.1, -0.05) is 18.2 Å². The molecule has 0 amide bonds. The van der Waals surface area contributed by atoms with Crippen molar-refractivity contribution < 1.29 is 14.8 Å². The second kappa shape index (κ2) is 7.25. The highest BCUT2D eigenvalue weighted by Crippen LogP contribution is 2.17. The SMILES string of the molecule is O=[N+]([O-])c1ccc(OCCNCc2ccccc2O)cc1. The van der Waals surface area contributed by atoms with Gasteiger partial charge in [0.2, 0.25) is 0 Å². The van der Waals surface area contributed by atoms with E-state index in [2.05, 4.69) is 5.32 Å². The summed E-state index contributed by atoms with van der Waals surface area (Å²) in [6.07, 6.45) is 0. The van der Waals surface area contributed by atoms with E-state index in [0.717, 1.165) is 5.56 Å². The molecule has 6 heteroatoms. The fraction of sp³-hybridized carbons (Fsp3) is 0.200. The van der Waals surface area contributed by atoms with Gasteiger partial charge in [0.1, 0.15) is 18.1 Å². The minimum atomic E-state index is -0.447. The Morgan fingerprint density at radius 1 is 1.14 bits per heavy atom. The monoisotopic (exact) mass is 288 g/mol. The average molecular weight is 288 g/mol. The van der Waals surface area contributed by atoms with Gasteiger partial charge in [0.25, 0.3) is 5.69 Å². The van der Waals surface area contributed by atoms with E-state index in [4.69, 9.17) is 4.74 Å². The number of ether oxygens (including phenoxy) is 1. The van der Waals surface area contributed by atoms with Crippen LogP contribution in [-0.4, -0.2) is 23.2 Å². The Hall–Kier alpha value is -2.60. The second-order valence-corrected chi connectivity index (χ2v) is 4.40. The van der Waals surface area contributed by atoms with E-state index in [1.165, 1.54) is 12.1 Å². The minimum absolute atomic E-state index is 0.0417. The maximum absolute atomic E-state index is 10.5. The molecule has 2 aromatic rings. The van der Waals surface area contributed by atoms with E-state index < -0.39 is 4.92 Å². The number of phenolic OH excluding ortho intramolecular Hbond substituents is 1. The summed E-state index contributed by atoms with van der Waals surface area (Å²) >= 11 is 0. The van der Waals surface area contributed by atoms with Gasteiger partial charge < -0.3 is 15.2 Å². The lowest BCUT2D eigenvalue weighted by Crippen LogP contribution is -2.20. The highest BCUT2D eigenvalue weighted by atomic mass is 16.6. The van der Waals surface area contributed by atoms with Crippen molar-refractivity contribution in [1.29, 1.82) is 0 Å². The van der Waals surface area contributed by atoms with Gasteiger partial charge in [-0.3, -0.25) is 10.1 Å². The van der Waals surface area contributed by atoms with Gasteiger partial charge >= 0.3 is 0 Å². The van der Waals surface area contributed by atoms with Crippen molar-refractivity contribution in [2.24, 2.45) is 0 Å². The molecule has 110 valence electrons. The minimum Gasteiger partial charge on any atom is -0.508 e. The summed E-state index contributed by atoms with van der Waals surface area (Å²) in [5, 5.41) is 23.2. The van der Waals surface area contributed by atoms with E-state index in [9.17, 15) is 15.2 Å². The van der Waals surface area contributed by atoms with Crippen LogP contribution in [0.25, 0.3) is 0 Å². The van der Waals surface area contributed by atoms with Crippen LogP contribution in [0.15, 0.2) is 48.5 Å². The van der Waals surface area contributed by atoms with Crippen molar-refractivity contribution in [3.63, 3.8) is 0 Å². The number of nitrogens with zero attached hydrogens (tertiary/aromatic N) is 1. The number of nitro benzene ring substituents is 1. The zero-order valence-corrected chi connectivity index (χ0v) is 11.4. The molecule has 0 aliphatic rings. The van der Waals surface area contributed by atoms with E-state index >= 15 is 0 Å². The number of benzene rings is 2. The van der Waals surface area contributed by atoms with E-state index in [0.29, 0.717) is 25.4 Å². The van der Waals surface area contributed by atoms with E-state index in [-0.39, 0.29) is 11.4 Å². The molecule has 0 spiro atoms. The molecule has 0 fully saturated rings. The summed E-state index contributed by atoms with van der Waals surface area (Å²) in [7, 11) is 0. The number of rotatable bonds is 7. The standard InChI is InChI=1S/C15H16N2O4/c18-15-4-2-1-3-12(15)11-16-9-10-21-14-7-5-13(6-8-14)17(19)20/h1-8,16,18H,9-11H2. The van der Waals surface area contributed by atoms with Crippen LogP contribution in [0.4, 0.5) is 5.69 Å². The Balaban J connectivity index is 1.70. The topological polar surface area (TPSA) is 84.6 Å². The van der Waals surface area contributed by atoms with Crippen molar-refractivity contribution in [1.82, 2.24) is 5.32 Å². The molecule has 0 radical (unpaired) electrons. The van der Waals surface area contributed by atoms with Crippen molar-refractivity contribution in [2.45, 2.75) is 6.54 Å². The normalized spacial score (nSPS) is 10.3. The summed E-state index contributed by atoms with van der Waals surface area (Å²) < 4.78 is 5.46. The third kappa shape index (κ3) is 4.47. The van der Waals surface area contributed by atoms with Crippen LogP contribution in [0.2, 0.25) is 0 Å². The number of phenols is 1. The molecule has 0 saturated carbocycles. The molecule has 0 bridgehead atoms. The Morgan fingerprint density at radius 3 is 2.52 bits per heavy atom. The Bertz CT molecular complexity index is 599. The van der Waals surface area contributed by atoms with Crippen LogP contribution in [0.5, 0.6) is 11.5 Å². The van der Waals surface area contributed by atoms with E-state index in [1.807, 2.05) is 12.1 Å². The van der Waals surface area contributed by atoms with Crippen LogP contribution in [-0.2, 0) is 6.54 Å². The summed E-state index contributed by atoms with van der Waals surface area (Å²) in [5.41, 5.74) is 0.868. The number of para-hydroxylation sites is 1. The molecule has 21 heavy (non-hydrogen) atoms. The summed E-state index contributed by atoms with van der Waals surface area (Å²) in [5.74, 6) is 0.853. The number of hydrogen-bond acceptors (Lipinski definition) is 5. The molecule has 6 nitrogen and oxygen atoms in total. The van der Waals surface area contributed by atoms with Gasteiger partial charge in [-0.15, -0.1) is 0 Å². The van der Waals surface area contributed by atoms with Crippen molar-refractivity contribution in [2.75, 3.05) is 13.2 Å². The van der Waals surface area contributed by atoms with Crippen molar-refractivity contribution >= 4 is 5.69 Å². The maximum atomic E-state index is 10.5. The number of nitrogens with one attached hydrogen (secondary N) is 1. The molecule has 0 heterocycles. The van der Waals surface area contributed by atoms with Crippen LogP contribution >= 0.6 is 0 Å². The highest BCUT2D eigenvalue weighted by molar-refractivity contribution is 5.36. The van der Waals surface area contributed by atoms with E-state index in [1.54, 1.807) is 24.3 Å². The van der Waals surface area contributed by atoms with Crippen molar-refractivity contribution in [3.05, 3.63) is 64.2 Å². The molecule has 2 rings (SSSR count). The fourth-order valence-electron chi connectivity index (χ4n) is 1.79. The first kappa shape index (κ1) is 14.8. The van der Waals surface area contributed by atoms with Crippen LogP contribution < -0.4 is 10.1 Å². The predicted molar refractivity (Wildman–Crippen MR) is 78.4 cm³/mol. The first-order valence-electron chi connectivity index (χ1n) is 6.51. The van der Waals surface area contributed by atoms with Crippen LogP contribution in [0.1, 0.15) is 5.56 Å². The highest BCUT2D eigenvalue weighted by Gasteiger charge is 2.04. The van der Waals surface area contributed by atoms with Crippen LogP contribution in [0, 0.1) is 10.1 Å². The first-order valence-corrected chi connectivity index (χ1v) is 6.51. The number of aromatic hydroxyl groups is 1. The van der Waals surface area contributed by atoms with Gasteiger partial charge in [-0.05, 0) is 18.2 Å².